The Morgan fingerprint density at radius 1 is 1.19 bits per heavy atom. The Hall–Kier alpha value is -1.92. The number of rotatable bonds is 5. The summed E-state index contributed by atoms with van der Waals surface area (Å²) < 4.78 is 1.02. The maximum absolute atomic E-state index is 12.7. The highest BCUT2D eigenvalue weighted by Crippen LogP contribution is 2.31. The first-order chi connectivity index (χ1) is 12.6. The molecule has 0 N–H and O–H groups in total. The van der Waals surface area contributed by atoms with Crippen LogP contribution in [0.5, 0.6) is 0 Å². The minimum absolute atomic E-state index is 0.0827. The van der Waals surface area contributed by atoms with Gasteiger partial charge < -0.3 is 0 Å². The van der Waals surface area contributed by atoms with Crippen LogP contribution in [0.1, 0.15) is 30.0 Å². The molecular weight excluding hydrogens is 410 g/mol. The second-order valence-electron chi connectivity index (χ2n) is 6.04. The van der Waals surface area contributed by atoms with Crippen LogP contribution in [-0.2, 0) is 11.3 Å². The molecule has 3 rings (SSSR count). The molecule has 134 valence electrons. The topological polar surface area (TPSA) is 45.0 Å². The molecule has 0 saturated carbocycles. The van der Waals surface area contributed by atoms with Gasteiger partial charge in [0.1, 0.15) is 0 Å². The number of thioether (sulfide) groups is 1. The van der Waals surface area contributed by atoms with Gasteiger partial charge in [0.25, 0.3) is 0 Å². The summed E-state index contributed by atoms with van der Waals surface area (Å²) in [5, 5.41) is 9.13. The van der Waals surface area contributed by atoms with E-state index in [2.05, 4.69) is 45.2 Å². The lowest BCUT2D eigenvalue weighted by Gasteiger charge is -2.17. The molecule has 4 nitrogen and oxygen atoms in total. The van der Waals surface area contributed by atoms with E-state index >= 15 is 0 Å². The zero-order chi connectivity index (χ0) is 18.5. The number of amides is 1. The molecule has 26 heavy (non-hydrogen) atoms. The van der Waals surface area contributed by atoms with Crippen LogP contribution in [0, 0.1) is 6.92 Å². The molecule has 0 aliphatic carbocycles. The monoisotopic (exact) mass is 429 g/mol. The zero-order valence-corrected chi connectivity index (χ0v) is 17.1. The Morgan fingerprint density at radius 3 is 2.62 bits per heavy atom. The van der Waals surface area contributed by atoms with Gasteiger partial charge in [0.15, 0.2) is 5.17 Å². The largest absolute Gasteiger partial charge is 0.284 e. The maximum atomic E-state index is 12.7. The summed E-state index contributed by atoms with van der Waals surface area (Å²) >= 11 is 4.91. The third-order valence-corrected chi connectivity index (χ3v) is 6.06. The fraction of sp³-hybridized carbons (Fsp3) is 0.250. The van der Waals surface area contributed by atoms with Gasteiger partial charge in [0.05, 0.1) is 18.0 Å². The standard InChI is InChI=1S/C20H20BrN3OS/c1-3-18-19(25)24(13-16-7-5-4-6-14(16)2)20(26-18)23-22-12-15-8-10-17(21)11-9-15/h4-12,18H,3,13H2,1-2H3. The lowest BCUT2D eigenvalue weighted by atomic mass is 10.1. The zero-order valence-electron chi connectivity index (χ0n) is 14.7. The maximum Gasteiger partial charge on any atom is 0.242 e. The molecule has 2 aromatic carbocycles. The number of benzene rings is 2. The highest BCUT2D eigenvalue weighted by Gasteiger charge is 2.37. The number of carbonyl (C=O) groups excluding carboxylic acids is 1. The predicted molar refractivity (Wildman–Crippen MR) is 113 cm³/mol. The van der Waals surface area contributed by atoms with Gasteiger partial charge in [0, 0.05) is 4.47 Å². The van der Waals surface area contributed by atoms with Gasteiger partial charge in [-0.3, -0.25) is 9.69 Å². The van der Waals surface area contributed by atoms with E-state index in [4.69, 9.17) is 0 Å². The van der Waals surface area contributed by atoms with E-state index in [1.807, 2.05) is 43.3 Å². The first-order valence-corrected chi connectivity index (χ1v) is 10.1. The van der Waals surface area contributed by atoms with E-state index in [-0.39, 0.29) is 11.2 Å². The van der Waals surface area contributed by atoms with Gasteiger partial charge in [-0.15, -0.1) is 5.10 Å². The van der Waals surface area contributed by atoms with Gasteiger partial charge in [-0.05, 0) is 42.2 Å². The second kappa shape index (κ2) is 8.64. The molecule has 1 fully saturated rings. The molecule has 0 bridgehead atoms. The van der Waals surface area contributed by atoms with Crippen molar-refractivity contribution < 1.29 is 4.79 Å². The van der Waals surface area contributed by atoms with Gasteiger partial charge in [0.2, 0.25) is 5.91 Å². The van der Waals surface area contributed by atoms with Crippen LogP contribution < -0.4 is 0 Å². The molecular formula is C20H20BrN3OS. The number of hydrogen-bond acceptors (Lipinski definition) is 4. The summed E-state index contributed by atoms with van der Waals surface area (Å²) in [6.07, 6.45) is 2.49. The summed E-state index contributed by atoms with van der Waals surface area (Å²) in [5.74, 6) is 0.110. The van der Waals surface area contributed by atoms with Crippen LogP contribution in [0.4, 0.5) is 0 Å². The van der Waals surface area contributed by atoms with Crippen LogP contribution in [0.2, 0.25) is 0 Å². The lowest BCUT2D eigenvalue weighted by Crippen LogP contribution is -2.31. The smallest absolute Gasteiger partial charge is 0.242 e. The lowest BCUT2D eigenvalue weighted by molar-refractivity contribution is -0.126. The number of halogens is 1. The first kappa shape index (κ1) is 18.9. The number of nitrogens with zero attached hydrogens (tertiary/aromatic N) is 3. The minimum atomic E-state index is -0.0827. The molecule has 1 amide bonds. The van der Waals surface area contributed by atoms with Gasteiger partial charge >= 0.3 is 0 Å². The van der Waals surface area contributed by atoms with Crippen LogP contribution >= 0.6 is 27.7 Å². The SMILES string of the molecule is CCC1SC(=NN=Cc2ccc(Br)cc2)N(Cc2ccccc2C)C1=O. The van der Waals surface area contributed by atoms with Crippen molar-refractivity contribution in [2.45, 2.75) is 32.1 Å². The summed E-state index contributed by atoms with van der Waals surface area (Å²) in [6.45, 7) is 4.61. The molecule has 0 aromatic heterocycles. The molecule has 0 spiro atoms. The van der Waals surface area contributed by atoms with E-state index in [1.165, 1.54) is 17.3 Å². The molecule has 6 heteroatoms. The van der Waals surface area contributed by atoms with Gasteiger partial charge in [-0.1, -0.05) is 71.0 Å². The van der Waals surface area contributed by atoms with Crippen molar-refractivity contribution in [3.05, 3.63) is 69.7 Å². The molecule has 1 unspecified atom stereocenters. The number of aryl methyl sites for hydroxylation is 1. The van der Waals surface area contributed by atoms with Crippen LogP contribution in [0.15, 0.2) is 63.2 Å². The van der Waals surface area contributed by atoms with Crippen LogP contribution in [0.25, 0.3) is 0 Å². The van der Waals surface area contributed by atoms with Gasteiger partial charge in [-0.25, -0.2) is 0 Å². The van der Waals surface area contributed by atoms with E-state index in [9.17, 15) is 4.79 Å². The fourth-order valence-corrected chi connectivity index (χ4v) is 3.93. The average molecular weight is 430 g/mol. The third kappa shape index (κ3) is 4.43. The highest BCUT2D eigenvalue weighted by molar-refractivity contribution is 9.10. The van der Waals surface area contributed by atoms with Crippen molar-refractivity contribution in [3.63, 3.8) is 0 Å². The summed E-state index contributed by atoms with van der Waals surface area (Å²) in [7, 11) is 0. The van der Waals surface area contributed by atoms with E-state index in [0.29, 0.717) is 11.7 Å². The van der Waals surface area contributed by atoms with Gasteiger partial charge in [-0.2, -0.15) is 5.10 Å². The van der Waals surface area contributed by atoms with Crippen molar-refractivity contribution in [2.75, 3.05) is 0 Å². The molecule has 1 saturated heterocycles. The van der Waals surface area contributed by atoms with Crippen LogP contribution in [0.3, 0.4) is 0 Å². The van der Waals surface area contributed by atoms with Crippen molar-refractivity contribution in [2.24, 2.45) is 10.2 Å². The molecule has 1 aliphatic heterocycles. The third-order valence-electron chi connectivity index (χ3n) is 4.20. The quantitative estimate of drug-likeness (QED) is 0.495. The second-order valence-corrected chi connectivity index (χ2v) is 8.13. The van der Waals surface area contributed by atoms with Crippen LogP contribution in [-0.4, -0.2) is 27.4 Å². The van der Waals surface area contributed by atoms with E-state index in [1.54, 1.807) is 11.1 Å². The molecule has 1 aliphatic rings. The molecule has 1 atom stereocenters. The van der Waals surface area contributed by atoms with E-state index < -0.39 is 0 Å². The summed E-state index contributed by atoms with van der Waals surface area (Å²) in [5.41, 5.74) is 3.26. The van der Waals surface area contributed by atoms with Crippen molar-refractivity contribution in [1.29, 1.82) is 0 Å². The number of amidine groups is 1. The Balaban J connectivity index is 1.81. The summed E-state index contributed by atoms with van der Waals surface area (Å²) in [4.78, 5) is 14.5. The fourth-order valence-electron chi connectivity index (χ4n) is 2.64. The Bertz CT molecular complexity index is 848. The van der Waals surface area contributed by atoms with Crippen molar-refractivity contribution in [1.82, 2.24) is 4.90 Å². The average Bonchev–Trinajstić information content (AvgIpc) is 2.94. The normalized spacial score (nSPS) is 19.0. The highest BCUT2D eigenvalue weighted by atomic mass is 79.9. The van der Waals surface area contributed by atoms with Crippen molar-refractivity contribution >= 4 is 45.0 Å². The Morgan fingerprint density at radius 2 is 1.92 bits per heavy atom. The number of hydrogen-bond donors (Lipinski definition) is 0. The summed E-state index contributed by atoms with van der Waals surface area (Å²) in [6, 6.07) is 15.9. The molecule has 1 heterocycles. The first-order valence-electron chi connectivity index (χ1n) is 8.47. The minimum Gasteiger partial charge on any atom is -0.284 e. The molecule has 0 radical (unpaired) electrons. The molecule has 2 aromatic rings. The number of carbonyl (C=O) groups is 1. The van der Waals surface area contributed by atoms with E-state index in [0.717, 1.165) is 22.0 Å². The van der Waals surface area contributed by atoms with Crippen molar-refractivity contribution in [3.8, 4) is 0 Å². The Kier molecular flexibility index (Phi) is 6.27. The Labute approximate surface area is 166 Å². The predicted octanol–water partition coefficient (Wildman–Crippen LogP) is 5.00.